The van der Waals surface area contributed by atoms with Gasteiger partial charge in [-0.2, -0.15) is 0 Å². The number of hydrogen-bond acceptors (Lipinski definition) is 2. The van der Waals surface area contributed by atoms with Crippen LogP contribution in [-0.4, -0.2) is 14.2 Å². The second-order valence-electron chi connectivity index (χ2n) is 4.96. The van der Waals surface area contributed by atoms with Gasteiger partial charge in [0.15, 0.2) is 9.84 Å². The molecule has 0 aromatic heterocycles. The fraction of sp³-hybridized carbons (Fsp3) is 0.250. The van der Waals surface area contributed by atoms with Crippen molar-refractivity contribution in [3.8, 4) is 0 Å². The zero-order valence-corrected chi connectivity index (χ0v) is 11.4. The summed E-state index contributed by atoms with van der Waals surface area (Å²) in [6, 6.07) is 17.4. The van der Waals surface area contributed by atoms with Crippen LogP contribution in [0, 0.1) is 0 Å². The van der Waals surface area contributed by atoms with Crippen LogP contribution in [0.4, 0.5) is 0 Å². The lowest BCUT2D eigenvalue weighted by Gasteiger charge is -2.18. The Morgan fingerprint density at radius 2 is 1.58 bits per heavy atom. The predicted molar refractivity (Wildman–Crippen MR) is 76.8 cm³/mol. The van der Waals surface area contributed by atoms with Gasteiger partial charge in [0.2, 0.25) is 0 Å². The molecule has 2 aromatic carbocycles. The van der Waals surface area contributed by atoms with Gasteiger partial charge < -0.3 is 0 Å². The number of hydrogen-bond donors (Lipinski definition) is 0. The van der Waals surface area contributed by atoms with E-state index >= 15 is 0 Å². The Morgan fingerprint density at radius 1 is 0.895 bits per heavy atom. The molecule has 19 heavy (non-hydrogen) atoms. The third kappa shape index (κ3) is 2.30. The van der Waals surface area contributed by atoms with Crippen molar-refractivity contribution in [2.24, 2.45) is 0 Å². The zero-order chi connectivity index (χ0) is 13.3. The molecule has 3 heteroatoms. The molecule has 0 saturated carbocycles. The second kappa shape index (κ2) is 4.82. The Labute approximate surface area is 114 Å². The molecule has 1 heterocycles. The fourth-order valence-electron chi connectivity index (χ4n) is 2.81. The molecule has 1 atom stereocenters. The SMILES string of the molecule is O=S1(=O)CCCc2ccccc2C1c1ccccc1. The number of benzene rings is 2. The smallest absolute Gasteiger partial charge is 0.161 e. The van der Waals surface area contributed by atoms with Crippen molar-refractivity contribution in [2.45, 2.75) is 18.1 Å². The normalized spacial score (nSPS) is 21.4. The van der Waals surface area contributed by atoms with Crippen LogP contribution in [0.3, 0.4) is 0 Å². The van der Waals surface area contributed by atoms with Crippen LogP contribution in [0.25, 0.3) is 0 Å². The third-order valence-electron chi connectivity index (χ3n) is 3.67. The highest BCUT2D eigenvalue weighted by Crippen LogP contribution is 2.36. The predicted octanol–water partition coefficient (Wildman–Crippen LogP) is 3.14. The summed E-state index contributed by atoms with van der Waals surface area (Å²) in [6.07, 6.45) is 1.56. The first-order valence-electron chi connectivity index (χ1n) is 6.53. The van der Waals surface area contributed by atoms with Crippen LogP contribution in [0.1, 0.15) is 28.4 Å². The van der Waals surface area contributed by atoms with Crippen LogP contribution in [0.15, 0.2) is 54.6 Å². The molecule has 0 aliphatic carbocycles. The Balaban J connectivity index is 2.23. The van der Waals surface area contributed by atoms with E-state index in [1.807, 2.05) is 54.6 Å². The van der Waals surface area contributed by atoms with E-state index in [0.29, 0.717) is 6.42 Å². The van der Waals surface area contributed by atoms with Gasteiger partial charge in [0.25, 0.3) is 0 Å². The summed E-state index contributed by atoms with van der Waals surface area (Å²) < 4.78 is 25.1. The second-order valence-corrected chi connectivity index (χ2v) is 7.17. The molecule has 3 rings (SSSR count). The Hall–Kier alpha value is -1.61. The molecule has 0 fully saturated rings. The summed E-state index contributed by atoms with van der Waals surface area (Å²) in [5.74, 6) is 0.265. The van der Waals surface area contributed by atoms with Crippen molar-refractivity contribution in [3.05, 3.63) is 71.3 Å². The first-order valence-corrected chi connectivity index (χ1v) is 8.24. The maximum Gasteiger partial charge on any atom is 0.161 e. The standard InChI is InChI=1S/C16H16O2S/c17-19(18)12-6-10-13-7-4-5-11-15(13)16(19)14-8-2-1-3-9-14/h1-5,7-9,11,16H,6,10,12H2. The van der Waals surface area contributed by atoms with E-state index < -0.39 is 15.1 Å². The summed E-state index contributed by atoms with van der Waals surface area (Å²) >= 11 is 0. The quantitative estimate of drug-likeness (QED) is 0.799. The van der Waals surface area contributed by atoms with E-state index in [9.17, 15) is 8.42 Å². The van der Waals surface area contributed by atoms with Crippen molar-refractivity contribution < 1.29 is 8.42 Å². The average Bonchev–Trinajstić information content (AvgIpc) is 2.54. The zero-order valence-electron chi connectivity index (χ0n) is 10.6. The number of rotatable bonds is 1. The molecule has 98 valence electrons. The highest BCUT2D eigenvalue weighted by atomic mass is 32.2. The van der Waals surface area contributed by atoms with Crippen LogP contribution in [0.5, 0.6) is 0 Å². The van der Waals surface area contributed by atoms with Crippen molar-refractivity contribution in [1.29, 1.82) is 0 Å². The van der Waals surface area contributed by atoms with E-state index in [4.69, 9.17) is 0 Å². The monoisotopic (exact) mass is 272 g/mol. The minimum Gasteiger partial charge on any atom is -0.228 e. The lowest BCUT2D eigenvalue weighted by atomic mass is 9.97. The van der Waals surface area contributed by atoms with Crippen molar-refractivity contribution in [2.75, 3.05) is 5.75 Å². The van der Waals surface area contributed by atoms with Crippen LogP contribution < -0.4 is 0 Å². The molecule has 0 radical (unpaired) electrons. The minimum atomic E-state index is -3.13. The van der Waals surface area contributed by atoms with E-state index in [1.54, 1.807) is 0 Å². The number of aryl methyl sites for hydroxylation is 1. The Morgan fingerprint density at radius 3 is 2.37 bits per heavy atom. The van der Waals surface area contributed by atoms with Crippen molar-refractivity contribution in [3.63, 3.8) is 0 Å². The van der Waals surface area contributed by atoms with Gasteiger partial charge in [-0.15, -0.1) is 0 Å². The van der Waals surface area contributed by atoms with Gasteiger partial charge >= 0.3 is 0 Å². The van der Waals surface area contributed by atoms with Crippen molar-refractivity contribution in [1.82, 2.24) is 0 Å². The molecule has 0 amide bonds. The van der Waals surface area contributed by atoms with E-state index in [-0.39, 0.29) is 5.75 Å². The molecule has 0 bridgehead atoms. The summed E-state index contributed by atoms with van der Waals surface area (Å²) in [6.45, 7) is 0. The van der Waals surface area contributed by atoms with E-state index in [0.717, 1.165) is 23.1 Å². The topological polar surface area (TPSA) is 34.1 Å². The minimum absolute atomic E-state index is 0.265. The Kier molecular flexibility index (Phi) is 3.15. The first-order chi connectivity index (χ1) is 9.18. The molecular formula is C16H16O2S. The third-order valence-corrected chi connectivity index (χ3v) is 5.78. The van der Waals surface area contributed by atoms with Crippen LogP contribution in [0.2, 0.25) is 0 Å². The highest BCUT2D eigenvalue weighted by molar-refractivity contribution is 7.91. The van der Waals surface area contributed by atoms with Gasteiger partial charge in [0, 0.05) is 0 Å². The van der Waals surface area contributed by atoms with Gasteiger partial charge in [-0.05, 0) is 29.5 Å². The lowest BCUT2D eigenvalue weighted by Crippen LogP contribution is -2.16. The summed E-state index contributed by atoms with van der Waals surface area (Å²) in [4.78, 5) is 0. The van der Waals surface area contributed by atoms with Crippen molar-refractivity contribution >= 4 is 9.84 Å². The molecule has 2 aromatic rings. The average molecular weight is 272 g/mol. The van der Waals surface area contributed by atoms with E-state index in [1.165, 1.54) is 0 Å². The molecule has 0 spiro atoms. The van der Waals surface area contributed by atoms with Gasteiger partial charge in [-0.25, -0.2) is 8.42 Å². The molecule has 1 aliphatic rings. The molecule has 1 unspecified atom stereocenters. The van der Waals surface area contributed by atoms with Gasteiger partial charge in [0.1, 0.15) is 5.25 Å². The summed E-state index contributed by atoms with van der Waals surface area (Å²) in [7, 11) is -3.13. The summed E-state index contributed by atoms with van der Waals surface area (Å²) in [5, 5.41) is -0.507. The number of sulfone groups is 1. The molecule has 0 saturated heterocycles. The molecule has 2 nitrogen and oxygen atoms in total. The van der Waals surface area contributed by atoms with Crippen LogP contribution in [-0.2, 0) is 16.3 Å². The summed E-state index contributed by atoms with van der Waals surface area (Å²) in [5.41, 5.74) is 2.99. The van der Waals surface area contributed by atoms with Crippen LogP contribution >= 0.6 is 0 Å². The van der Waals surface area contributed by atoms with Gasteiger partial charge in [0.05, 0.1) is 5.75 Å². The van der Waals surface area contributed by atoms with Gasteiger partial charge in [-0.1, -0.05) is 54.6 Å². The lowest BCUT2D eigenvalue weighted by molar-refractivity contribution is 0.588. The highest BCUT2D eigenvalue weighted by Gasteiger charge is 2.32. The van der Waals surface area contributed by atoms with E-state index in [2.05, 4.69) is 0 Å². The number of fused-ring (bicyclic) bond motifs is 1. The maximum absolute atomic E-state index is 12.6. The van der Waals surface area contributed by atoms with Gasteiger partial charge in [-0.3, -0.25) is 0 Å². The largest absolute Gasteiger partial charge is 0.228 e. The molecule has 0 N–H and O–H groups in total. The molecular weight excluding hydrogens is 256 g/mol. The Bertz CT molecular complexity index is 675. The maximum atomic E-state index is 12.6. The fourth-order valence-corrected chi connectivity index (χ4v) is 4.78. The molecule has 1 aliphatic heterocycles. The first kappa shape index (κ1) is 12.4.